The van der Waals surface area contributed by atoms with Crippen LogP contribution in [0, 0.1) is 0 Å². The Morgan fingerprint density at radius 3 is 2.29 bits per heavy atom. The van der Waals surface area contributed by atoms with E-state index in [4.69, 9.17) is 14.2 Å². The Bertz CT molecular complexity index is 759. The first-order valence-electron chi connectivity index (χ1n) is 7.01. The number of phenols is 1. The van der Waals surface area contributed by atoms with Gasteiger partial charge in [-0.3, -0.25) is 4.79 Å². The van der Waals surface area contributed by atoms with Gasteiger partial charge in [-0.25, -0.2) is 5.43 Å². The van der Waals surface area contributed by atoms with E-state index in [1.807, 2.05) is 0 Å². The predicted molar refractivity (Wildman–Crippen MR) is 89.3 cm³/mol. The number of phenolic OH excluding ortho intramolecular Hbond substituents is 1. The van der Waals surface area contributed by atoms with Crippen molar-refractivity contribution in [2.45, 2.75) is 0 Å². The van der Waals surface area contributed by atoms with Crippen LogP contribution in [-0.2, 0) is 0 Å². The maximum Gasteiger partial charge on any atom is 0.271 e. The maximum atomic E-state index is 12.1. The summed E-state index contributed by atoms with van der Waals surface area (Å²) in [5.74, 6) is 0.944. The average Bonchev–Trinajstić information content (AvgIpc) is 2.61. The van der Waals surface area contributed by atoms with Crippen LogP contribution in [0.25, 0.3) is 0 Å². The molecule has 0 radical (unpaired) electrons. The molecule has 0 aliphatic heterocycles. The second-order valence-electron chi connectivity index (χ2n) is 4.70. The average molecular weight is 330 g/mol. The SMILES string of the molecule is COc1ccc(/C=N\NC(=O)c2ccc(OC)c(OC)c2)cc1O. The fraction of sp³-hybridized carbons (Fsp3) is 0.176. The fourth-order valence-corrected chi connectivity index (χ4v) is 1.99. The molecule has 0 saturated carbocycles. The number of methoxy groups -OCH3 is 3. The number of ether oxygens (including phenoxy) is 3. The number of amides is 1. The van der Waals surface area contributed by atoms with E-state index in [-0.39, 0.29) is 5.75 Å². The zero-order valence-corrected chi connectivity index (χ0v) is 13.6. The molecule has 2 N–H and O–H groups in total. The highest BCUT2D eigenvalue weighted by molar-refractivity contribution is 5.95. The number of hydrogen-bond donors (Lipinski definition) is 2. The Balaban J connectivity index is 2.06. The Morgan fingerprint density at radius 1 is 1.00 bits per heavy atom. The smallest absolute Gasteiger partial charge is 0.271 e. The molecule has 0 heterocycles. The molecule has 0 fully saturated rings. The minimum absolute atomic E-state index is 0.00679. The van der Waals surface area contributed by atoms with Crippen molar-refractivity contribution in [2.24, 2.45) is 5.10 Å². The van der Waals surface area contributed by atoms with E-state index in [0.717, 1.165) is 0 Å². The van der Waals surface area contributed by atoms with Crippen molar-refractivity contribution in [2.75, 3.05) is 21.3 Å². The summed E-state index contributed by atoms with van der Waals surface area (Å²) in [4.78, 5) is 12.1. The number of hydrazone groups is 1. The van der Waals surface area contributed by atoms with Crippen LogP contribution < -0.4 is 19.6 Å². The van der Waals surface area contributed by atoms with Crippen molar-refractivity contribution >= 4 is 12.1 Å². The number of rotatable bonds is 6. The monoisotopic (exact) mass is 330 g/mol. The van der Waals surface area contributed by atoms with Gasteiger partial charge in [-0.15, -0.1) is 0 Å². The van der Waals surface area contributed by atoms with Gasteiger partial charge in [-0.2, -0.15) is 5.10 Å². The largest absolute Gasteiger partial charge is 0.504 e. The summed E-state index contributed by atoms with van der Waals surface area (Å²) < 4.78 is 15.2. The molecule has 7 nitrogen and oxygen atoms in total. The van der Waals surface area contributed by atoms with Crippen molar-refractivity contribution < 1.29 is 24.1 Å². The summed E-state index contributed by atoms with van der Waals surface area (Å²) >= 11 is 0. The fourth-order valence-electron chi connectivity index (χ4n) is 1.99. The van der Waals surface area contributed by atoms with E-state index >= 15 is 0 Å². The van der Waals surface area contributed by atoms with Crippen LogP contribution in [0.15, 0.2) is 41.5 Å². The quantitative estimate of drug-likeness (QED) is 0.626. The molecule has 0 saturated heterocycles. The molecule has 0 aliphatic rings. The molecule has 7 heteroatoms. The van der Waals surface area contributed by atoms with Gasteiger partial charge in [0.25, 0.3) is 5.91 Å². The number of hydrogen-bond acceptors (Lipinski definition) is 6. The zero-order chi connectivity index (χ0) is 17.5. The van der Waals surface area contributed by atoms with Gasteiger partial charge in [-0.05, 0) is 42.0 Å². The zero-order valence-electron chi connectivity index (χ0n) is 13.6. The third-order valence-electron chi connectivity index (χ3n) is 3.23. The highest BCUT2D eigenvalue weighted by atomic mass is 16.5. The predicted octanol–water partition coefficient (Wildman–Crippen LogP) is 2.18. The van der Waals surface area contributed by atoms with Crippen molar-refractivity contribution in [3.63, 3.8) is 0 Å². The van der Waals surface area contributed by atoms with Crippen LogP contribution in [0.2, 0.25) is 0 Å². The third-order valence-corrected chi connectivity index (χ3v) is 3.23. The summed E-state index contributed by atoms with van der Waals surface area (Å²) in [5.41, 5.74) is 3.39. The third kappa shape index (κ3) is 3.95. The van der Waals surface area contributed by atoms with Crippen molar-refractivity contribution in [3.8, 4) is 23.0 Å². The lowest BCUT2D eigenvalue weighted by molar-refractivity contribution is 0.0954. The van der Waals surface area contributed by atoms with Crippen LogP contribution in [0.3, 0.4) is 0 Å². The van der Waals surface area contributed by atoms with E-state index < -0.39 is 5.91 Å². The van der Waals surface area contributed by atoms with E-state index in [1.165, 1.54) is 33.6 Å². The van der Waals surface area contributed by atoms with Crippen molar-refractivity contribution in [1.82, 2.24) is 5.43 Å². The molecule has 1 amide bonds. The minimum atomic E-state index is -0.398. The van der Waals surface area contributed by atoms with Gasteiger partial charge in [0.15, 0.2) is 23.0 Å². The number of aromatic hydroxyl groups is 1. The summed E-state index contributed by atoms with van der Waals surface area (Å²) in [6.45, 7) is 0. The first-order valence-corrected chi connectivity index (χ1v) is 7.01. The number of nitrogens with zero attached hydrogens (tertiary/aromatic N) is 1. The van der Waals surface area contributed by atoms with E-state index in [9.17, 15) is 9.90 Å². The lowest BCUT2D eigenvalue weighted by Crippen LogP contribution is -2.17. The molecule has 126 valence electrons. The van der Waals surface area contributed by atoms with Crippen LogP contribution in [-0.4, -0.2) is 38.6 Å². The number of nitrogens with one attached hydrogen (secondary N) is 1. The molecular weight excluding hydrogens is 312 g/mol. The first kappa shape index (κ1) is 17.1. The summed E-state index contributed by atoms with van der Waals surface area (Å²) in [6, 6.07) is 9.58. The summed E-state index contributed by atoms with van der Waals surface area (Å²) in [5, 5.41) is 13.5. The number of benzene rings is 2. The van der Waals surface area contributed by atoms with Gasteiger partial charge in [0, 0.05) is 5.56 Å². The van der Waals surface area contributed by atoms with E-state index in [0.29, 0.717) is 28.4 Å². The normalized spacial score (nSPS) is 10.5. The van der Waals surface area contributed by atoms with Gasteiger partial charge < -0.3 is 19.3 Å². The molecular formula is C17H18N2O5. The van der Waals surface area contributed by atoms with Gasteiger partial charge in [-0.1, -0.05) is 0 Å². The maximum absolute atomic E-state index is 12.1. The molecule has 0 spiro atoms. The number of carbonyl (C=O) groups is 1. The van der Waals surface area contributed by atoms with E-state index in [1.54, 1.807) is 30.3 Å². The highest BCUT2D eigenvalue weighted by Gasteiger charge is 2.10. The van der Waals surface area contributed by atoms with E-state index in [2.05, 4.69) is 10.5 Å². The minimum Gasteiger partial charge on any atom is -0.504 e. The summed E-state index contributed by atoms with van der Waals surface area (Å²) in [7, 11) is 4.48. The second kappa shape index (κ2) is 7.87. The van der Waals surface area contributed by atoms with Crippen molar-refractivity contribution in [1.29, 1.82) is 0 Å². The summed E-state index contributed by atoms with van der Waals surface area (Å²) in [6.07, 6.45) is 1.41. The van der Waals surface area contributed by atoms with Gasteiger partial charge in [0.05, 0.1) is 27.5 Å². The van der Waals surface area contributed by atoms with Gasteiger partial charge in [0.1, 0.15) is 0 Å². The molecule has 2 rings (SSSR count). The Labute approximate surface area is 139 Å². The Hall–Kier alpha value is -3.22. The van der Waals surface area contributed by atoms with Gasteiger partial charge >= 0.3 is 0 Å². The first-order chi connectivity index (χ1) is 11.6. The molecule has 0 bridgehead atoms. The molecule has 0 atom stereocenters. The van der Waals surface area contributed by atoms with Crippen LogP contribution >= 0.6 is 0 Å². The highest BCUT2D eigenvalue weighted by Crippen LogP contribution is 2.27. The second-order valence-corrected chi connectivity index (χ2v) is 4.70. The molecule has 0 aromatic heterocycles. The lowest BCUT2D eigenvalue weighted by atomic mass is 10.2. The topological polar surface area (TPSA) is 89.4 Å². The molecule has 2 aromatic rings. The van der Waals surface area contributed by atoms with Gasteiger partial charge in [0.2, 0.25) is 0 Å². The van der Waals surface area contributed by atoms with Crippen LogP contribution in [0.1, 0.15) is 15.9 Å². The molecule has 0 aliphatic carbocycles. The van der Waals surface area contributed by atoms with Crippen LogP contribution in [0.4, 0.5) is 0 Å². The lowest BCUT2D eigenvalue weighted by Gasteiger charge is -2.08. The molecule has 0 unspecified atom stereocenters. The molecule has 24 heavy (non-hydrogen) atoms. The van der Waals surface area contributed by atoms with Crippen molar-refractivity contribution in [3.05, 3.63) is 47.5 Å². The Kier molecular flexibility index (Phi) is 5.62. The molecule has 2 aromatic carbocycles. The number of carbonyl (C=O) groups excluding carboxylic acids is 1. The standard InChI is InChI=1S/C17H18N2O5/c1-22-14-6-4-11(8-13(14)20)10-18-19-17(21)12-5-7-15(23-2)16(9-12)24-3/h4-10,20H,1-3H3,(H,19,21)/b18-10-. The van der Waals surface area contributed by atoms with Crippen LogP contribution in [0.5, 0.6) is 23.0 Å². The Morgan fingerprint density at radius 2 is 1.67 bits per heavy atom.